The number of aromatic nitrogens is 2. The Balaban J connectivity index is 1.73. The SMILES string of the molecule is CCCCCCCCCCCCCCC(CCCCCCCCCC)c1ccccc1-n1ccnc1. The van der Waals surface area contributed by atoms with Crippen LogP contribution in [-0.4, -0.2) is 9.55 Å². The summed E-state index contributed by atoms with van der Waals surface area (Å²) in [4.78, 5) is 4.31. The molecule has 1 unspecified atom stereocenters. The molecule has 0 spiro atoms. The Morgan fingerprint density at radius 3 is 1.47 bits per heavy atom. The van der Waals surface area contributed by atoms with Gasteiger partial charge in [-0.15, -0.1) is 0 Å². The van der Waals surface area contributed by atoms with Gasteiger partial charge in [0, 0.05) is 18.1 Å². The van der Waals surface area contributed by atoms with Crippen LogP contribution in [0.1, 0.15) is 167 Å². The molecule has 0 fully saturated rings. The van der Waals surface area contributed by atoms with Gasteiger partial charge in [0.15, 0.2) is 0 Å². The zero-order valence-electron chi connectivity index (χ0n) is 24.1. The maximum absolute atomic E-state index is 4.31. The molecule has 0 aliphatic rings. The van der Waals surface area contributed by atoms with E-state index in [-0.39, 0.29) is 0 Å². The first-order chi connectivity index (χ1) is 17.9. The Hall–Kier alpha value is -1.57. The highest BCUT2D eigenvalue weighted by molar-refractivity contribution is 5.43. The number of imidazole rings is 1. The van der Waals surface area contributed by atoms with Crippen LogP contribution >= 0.6 is 0 Å². The third kappa shape index (κ3) is 13.7. The number of para-hydroxylation sites is 1. The topological polar surface area (TPSA) is 17.8 Å². The second-order valence-corrected chi connectivity index (χ2v) is 11.2. The summed E-state index contributed by atoms with van der Waals surface area (Å²) in [6.45, 7) is 4.61. The van der Waals surface area contributed by atoms with Gasteiger partial charge in [0.05, 0.1) is 6.33 Å². The van der Waals surface area contributed by atoms with E-state index in [2.05, 4.69) is 53.9 Å². The number of hydrogen-bond donors (Lipinski definition) is 0. The van der Waals surface area contributed by atoms with E-state index in [1.165, 1.54) is 153 Å². The standard InChI is InChI=1S/C34H58N2/c1-3-5-7-9-11-13-14-15-16-18-20-22-26-32(25-21-19-17-12-10-8-6-4-2)33-27-23-24-28-34(33)36-30-29-35-31-36/h23-24,27-32H,3-22,25-26H2,1-2H3. The first-order valence-electron chi connectivity index (χ1n) is 15.9. The second kappa shape index (κ2) is 21.5. The number of nitrogens with zero attached hydrogens (tertiary/aromatic N) is 2. The second-order valence-electron chi connectivity index (χ2n) is 11.2. The Morgan fingerprint density at radius 2 is 1.03 bits per heavy atom. The Bertz CT molecular complexity index is 721. The molecule has 0 saturated heterocycles. The average Bonchev–Trinajstić information content (AvgIpc) is 3.44. The Kier molecular flexibility index (Phi) is 18.3. The summed E-state index contributed by atoms with van der Waals surface area (Å²) in [5, 5.41) is 0. The van der Waals surface area contributed by atoms with Crippen molar-refractivity contribution in [1.82, 2.24) is 9.55 Å². The number of benzene rings is 1. The Labute approximate surface area is 224 Å². The number of rotatable bonds is 24. The fraction of sp³-hybridized carbons (Fsp3) is 0.735. The minimum absolute atomic E-state index is 0.673. The molecule has 0 radical (unpaired) electrons. The fourth-order valence-corrected chi connectivity index (χ4v) is 5.68. The molecule has 2 rings (SSSR count). The third-order valence-electron chi connectivity index (χ3n) is 7.97. The average molecular weight is 495 g/mol. The third-order valence-corrected chi connectivity index (χ3v) is 7.97. The summed E-state index contributed by atoms with van der Waals surface area (Å²) in [7, 11) is 0. The molecule has 2 nitrogen and oxygen atoms in total. The minimum Gasteiger partial charge on any atom is -0.306 e. The lowest BCUT2D eigenvalue weighted by molar-refractivity contribution is 0.480. The fourth-order valence-electron chi connectivity index (χ4n) is 5.68. The monoisotopic (exact) mass is 494 g/mol. The van der Waals surface area contributed by atoms with E-state index in [1.54, 1.807) is 0 Å². The van der Waals surface area contributed by atoms with Crippen molar-refractivity contribution in [3.8, 4) is 5.69 Å². The van der Waals surface area contributed by atoms with E-state index in [4.69, 9.17) is 0 Å². The maximum atomic E-state index is 4.31. The van der Waals surface area contributed by atoms with Gasteiger partial charge in [-0.3, -0.25) is 0 Å². The van der Waals surface area contributed by atoms with Gasteiger partial charge >= 0.3 is 0 Å². The van der Waals surface area contributed by atoms with E-state index in [0.717, 1.165) is 0 Å². The van der Waals surface area contributed by atoms with Crippen molar-refractivity contribution in [3.63, 3.8) is 0 Å². The molecule has 0 bridgehead atoms. The highest BCUT2D eigenvalue weighted by Crippen LogP contribution is 2.32. The van der Waals surface area contributed by atoms with Crippen LogP contribution in [0.5, 0.6) is 0 Å². The van der Waals surface area contributed by atoms with Crippen molar-refractivity contribution in [3.05, 3.63) is 48.5 Å². The van der Waals surface area contributed by atoms with Crippen molar-refractivity contribution in [2.75, 3.05) is 0 Å². The van der Waals surface area contributed by atoms with Gasteiger partial charge in [0.1, 0.15) is 0 Å². The van der Waals surface area contributed by atoms with Crippen LogP contribution in [0, 0.1) is 0 Å². The van der Waals surface area contributed by atoms with E-state index in [1.807, 2.05) is 12.5 Å². The van der Waals surface area contributed by atoms with Crippen LogP contribution < -0.4 is 0 Å². The highest BCUT2D eigenvalue weighted by atomic mass is 15.0. The normalized spacial score (nSPS) is 12.3. The number of hydrogen-bond acceptors (Lipinski definition) is 1. The van der Waals surface area contributed by atoms with Crippen molar-refractivity contribution in [2.24, 2.45) is 0 Å². The van der Waals surface area contributed by atoms with Crippen molar-refractivity contribution in [1.29, 1.82) is 0 Å². The molecule has 2 aromatic rings. The van der Waals surface area contributed by atoms with Gasteiger partial charge in [-0.1, -0.05) is 160 Å². The van der Waals surface area contributed by atoms with Gasteiger partial charge in [0.25, 0.3) is 0 Å². The molecule has 1 heterocycles. The summed E-state index contributed by atoms with van der Waals surface area (Å²) < 4.78 is 2.21. The van der Waals surface area contributed by atoms with Crippen LogP contribution in [0.3, 0.4) is 0 Å². The van der Waals surface area contributed by atoms with E-state index < -0.39 is 0 Å². The molecule has 2 heteroatoms. The largest absolute Gasteiger partial charge is 0.306 e. The van der Waals surface area contributed by atoms with Gasteiger partial charge in [-0.05, 0) is 30.4 Å². The van der Waals surface area contributed by atoms with Crippen molar-refractivity contribution in [2.45, 2.75) is 161 Å². The van der Waals surface area contributed by atoms with Gasteiger partial charge in [-0.2, -0.15) is 0 Å². The maximum Gasteiger partial charge on any atom is 0.0991 e. The summed E-state index contributed by atoms with van der Waals surface area (Å²) in [6, 6.07) is 9.07. The molecule has 36 heavy (non-hydrogen) atoms. The molecule has 0 N–H and O–H groups in total. The van der Waals surface area contributed by atoms with Crippen LogP contribution in [0.25, 0.3) is 5.69 Å². The molecule has 0 aliphatic heterocycles. The predicted molar refractivity (Wildman–Crippen MR) is 159 cm³/mol. The summed E-state index contributed by atoms with van der Waals surface area (Å²) >= 11 is 0. The van der Waals surface area contributed by atoms with Crippen molar-refractivity contribution >= 4 is 0 Å². The van der Waals surface area contributed by atoms with Crippen LogP contribution in [0.15, 0.2) is 43.0 Å². The molecule has 0 aliphatic carbocycles. The summed E-state index contributed by atoms with van der Waals surface area (Å²) in [6.07, 6.45) is 36.9. The lowest BCUT2D eigenvalue weighted by atomic mass is 9.87. The highest BCUT2D eigenvalue weighted by Gasteiger charge is 2.16. The zero-order chi connectivity index (χ0) is 25.5. The van der Waals surface area contributed by atoms with Crippen LogP contribution in [0.4, 0.5) is 0 Å². The molecule has 0 saturated carbocycles. The van der Waals surface area contributed by atoms with Gasteiger partial charge in [-0.25, -0.2) is 4.98 Å². The summed E-state index contributed by atoms with van der Waals surface area (Å²) in [5.74, 6) is 0.673. The van der Waals surface area contributed by atoms with Crippen LogP contribution in [-0.2, 0) is 0 Å². The smallest absolute Gasteiger partial charge is 0.0991 e. The Morgan fingerprint density at radius 1 is 0.583 bits per heavy atom. The lowest BCUT2D eigenvalue weighted by Crippen LogP contribution is -2.05. The number of unbranched alkanes of at least 4 members (excludes halogenated alkanes) is 18. The predicted octanol–water partition coefficient (Wildman–Crippen LogP) is 11.6. The molecular formula is C34H58N2. The lowest BCUT2D eigenvalue weighted by Gasteiger charge is -2.21. The van der Waals surface area contributed by atoms with E-state index >= 15 is 0 Å². The first kappa shape index (κ1) is 30.7. The molecule has 204 valence electrons. The molecule has 0 amide bonds. The molecule has 1 aromatic heterocycles. The van der Waals surface area contributed by atoms with E-state index in [9.17, 15) is 0 Å². The van der Waals surface area contributed by atoms with Gasteiger partial charge < -0.3 is 4.57 Å². The zero-order valence-corrected chi connectivity index (χ0v) is 24.1. The van der Waals surface area contributed by atoms with E-state index in [0.29, 0.717) is 5.92 Å². The first-order valence-corrected chi connectivity index (χ1v) is 15.9. The molecule has 1 atom stereocenters. The van der Waals surface area contributed by atoms with Crippen LogP contribution in [0.2, 0.25) is 0 Å². The molecular weight excluding hydrogens is 436 g/mol. The van der Waals surface area contributed by atoms with Gasteiger partial charge in [0.2, 0.25) is 0 Å². The minimum atomic E-state index is 0.673. The molecule has 1 aromatic carbocycles. The summed E-state index contributed by atoms with van der Waals surface area (Å²) in [5.41, 5.74) is 2.86. The quantitative estimate of drug-likeness (QED) is 0.133. The van der Waals surface area contributed by atoms with Crippen molar-refractivity contribution < 1.29 is 0 Å².